The van der Waals surface area contributed by atoms with Gasteiger partial charge >= 0.3 is 6.18 Å². The molecule has 31 heavy (non-hydrogen) atoms. The van der Waals surface area contributed by atoms with Crippen LogP contribution in [0.1, 0.15) is 49.3 Å². The molecule has 168 valence electrons. The number of benzene rings is 2. The number of hydrazine groups is 1. The highest BCUT2D eigenvalue weighted by molar-refractivity contribution is 8.93. The monoisotopic (exact) mass is 499 g/mol. The van der Waals surface area contributed by atoms with Crippen LogP contribution in [0.3, 0.4) is 0 Å². The van der Waals surface area contributed by atoms with E-state index in [9.17, 15) is 18.3 Å². The molecule has 8 heteroatoms. The quantitative estimate of drug-likeness (QED) is 0.592. The summed E-state index contributed by atoms with van der Waals surface area (Å²) in [6, 6.07) is 12.7. The summed E-state index contributed by atoms with van der Waals surface area (Å²) in [5.74, 6) is 0.765. The Morgan fingerprint density at radius 3 is 2.52 bits per heavy atom. The van der Waals surface area contributed by atoms with E-state index in [1.165, 1.54) is 6.07 Å². The van der Waals surface area contributed by atoms with Crippen molar-refractivity contribution in [2.75, 3.05) is 19.7 Å². The minimum Gasteiger partial charge on any atom is -0.494 e. The Morgan fingerprint density at radius 1 is 1.10 bits per heavy atom. The van der Waals surface area contributed by atoms with Crippen molar-refractivity contribution in [1.82, 2.24) is 5.01 Å². The zero-order chi connectivity index (χ0) is 21.4. The van der Waals surface area contributed by atoms with Crippen molar-refractivity contribution in [2.24, 2.45) is 0 Å². The van der Waals surface area contributed by atoms with Crippen LogP contribution in [0.2, 0.25) is 0 Å². The van der Waals surface area contributed by atoms with Gasteiger partial charge in [0.2, 0.25) is 11.4 Å². The number of nitrogens with zero attached hydrogens (tertiary/aromatic N) is 2. The first kappa shape index (κ1) is 23.6. The van der Waals surface area contributed by atoms with Gasteiger partial charge in [0.25, 0.3) is 0 Å². The first-order valence-corrected chi connectivity index (χ1v) is 10.4. The van der Waals surface area contributed by atoms with Crippen molar-refractivity contribution in [2.45, 2.75) is 44.5 Å². The summed E-state index contributed by atoms with van der Waals surface area (Å²) in [5.41, 5.74) is -0.137. The highest BCUT2D eigenvalue weighted by atomic mass is 79.9. The summed E-state index contributed by atoms with van der Waals surface area (Å²) in [4.78, 5) is 0. The lowest BCUT2D eigenvalue weighted by molar-refractivity contribution is -0.706. The van der Waals surface area contributed by atoms with Gasteiger partial charge in [0.05, 0.1) is 25.1 Å². The number of ether oxygens (including phenoxy) is 1. The third-order valence-corrected chi connectivity index (χ3v) is 5.83. The maximum Gasteiger partial charge on any atom is 0.416 e. The topological polar surface area (TPSA) is 35.7 Å². The molecule has 0 aliphatic carbocycles. The maximum absolute atomic E-state index is 13.3. The zero-order valence-corrected chi connectivity index (χ0v) is 19.1. The smallest absolute Gasteiger partial charge is 0.416 e. The summed E-state index contributed by atoms with van der Waals surface area (Å²) in [6.07, 6.45) is -1.36. The molecule has 0 aromatic heterocycles. The van der Waals surface area contributed by atoms with Gasteiger partial charge in [-0.05, 0) is 56.2 Å². The van der Waals surface area contributed by atoms with Crippen LogP contribution in [0.5, 0.6) is 5.75 Å². The number of alkyl halides is 3. The molecule has 0 bridgehead atoms. The Kier molecular flexibility index (Phi) is 7.01. The summed E-state index contributed by atoms with van der Waals surface area (Å²) < 4.78 is 47.5. The van der Waals surface area contributed by atoms with Crippen LogP contribution in [0.25, 0.3) is 0 Å². The maximum atomic E-state index is 13.3. The van der Waals surface area contributed by atoms with Gasteiger partial charge < -0.3 is 9.84 Å². The highest BCUT2D eigenvalue weighted by Crippen LogP contribution is 2.40. The Hall–Kier alpha value is -2.06. The fourth-order valence-corrected chi connectivity index (χ4v) is 4.38. The number of fused-ring (bicyclic) bond motifs is 1. The fourth-order valence-electron chi connectivity index (χ4n) is 4.38. The Balaban J connectivity index is 0.00000272. The second-order valence-electron chi connectivity index (χ2n) is 7.78. The van der Waals surface area contributed by atoms with Crippen LogP contribution in [0.15, 0.2) is 48.5 Å². The van der Waals surface area contributed by atoms with Crippen molar-refractivity contribution in [3.8, 4) is 5.75 Å². The molecule has 2 aromatic carbocycles. The average molecular weight is 500 g/mol. The van der Waals surface area contributed by atoms with E-state index in [2.05, 4.69) is 4.68 Å². The number of rotatable bonds is 4. The normalized spacial score (nSPS) is 21.4. The molecule has 0 radical (unpaired) electrons. The summed E-state index contributed by atoms with van der Waals surface area (Å²) in [7, 11) is 0. The molecule has 2 heterocycles. The molecular formula is C23H27BrF3N2O2+. The SMILES string of the molecule is Br.CCOc1ccc(C2=[N+]3CCCCCN3C(O)(c3cccc(C(F)(F)F)c3)C2)cc1. The molecular weight excluding hydrogens is 473 g/mol. The molecule has 1 atom stereocenters. The van der Waals surface area contributed by atoms with Gasteiger partial charge in [0, 0.05) is 17.5 Å². The van der Waals surface area contributed by atoms with E-state index >= 15 is 0 Å². The van der Waals surface area contributed by atoms with Crippen LogP contribution < -0.4 is 4.74 Å². The molecule has 0 amide bonds. The summed E-state index contributed by atoms with van der Waals surface area (Å²) >= 11 is 0. The van der Waals surface area contributed by atoms with E-state index < -0.39 is 17.5 Å². The lowest BCUT2D eigenvalue weighted by atomic mass is 9.93. The number of hydrogen-bond donors (Lipinski definition) is 1. The second kappa shape index (κ2) is 9.20. The van der Waals surface area contributed by atoms with Crippen molar-refractivity contribution < 1.29 is 27.7 Å². The molecule has 2 aliphatic heterocycles. The van der Waals surface area contributed by atoms with Crippen molar-refractivity contribution >= 4 is 22.7 Å². The van der Waals surface area contributed by atoms with E-state index in [0.29, 0.717) is 13.2 Å². The van der Waals surface area contributed by atoms with Gasteiger partial charge in [-0.2, -0.15) is 13.2 Å². The van der Waals surface area contributed by atoms with Crippen molar-refractivity contribution in [3.63, 3.8) is 0 Å². The number of hydrazone groups is 1. The number of aliphatic hydroxyl groups is 1. The molecule has 0 saturated carbocycles. The van der Waals surface area contributed by atoms with Gasteiger partial charge in [-0.15, -0.1) is 26.7 Å². The number of hydrogen-bond acceptors (Lipinski definition) is 3. The molecule has 1 unspecified atom stereocenters. The predicted molar refractivity (Wildman–Crippen MR) is 118 cm³/mol. The molecule has 1 fully saturated rings. The minimum atomic E-state index is -4.45. The molecule has 0 spiro atoms. The van der Waals surface area contributed by atoms with Crippen LogP contribution in [0.4, 0.5) is 13.2 Å². The van der Waals surface area contributed by atoms with E-state index in [4.69, 9.17) is 4.74 Å². The Labute approximate surface area is 190 Å². The van der Waals surface area contributed by atoms with E-state index in [-0.39, 0.29) is 29.0 Å². The van der Waals surface area contributed by atoms with Gasteiger partial charge in [-0.25, -0.2) is 0 Å². The van der Waals surface area contributed by atoms with Crippen molar-refractivity contribution in [1.29, 1.82) is 0 Å². The van der Waals surface area contributed by atoms with Crippen LogP contribution in [0, 0.1) is 0 Å². The Bertz CT molecular complexity index is 947. The zero-order valence-electron chi connectivity index (χ0n) is 17.4. The largest absolute Gasteiger partial charge is 0.494 e. The standard InChI is InChI=1S/C23H26F3N2O2.BrH/c1-2-30-20-11-9-17(10-12-20)21-16-22(29,28-14-5-3-4-13-27(21)28)18-7-6-8-19(15-18)23(24,25)26;/h6-12,15,29H,2-5,13-14,16H2,1H3;1H/q+1;. The lowest BCUT2D eigenvalue weighted by Crippen LogP contribution is -2.46. The van der Waals surface area contributed by atoms with Gasteiger partial charge in [0.1, 0.15) is 5.75 Å². The van der Waals surface area contributed by atoms with Crippen molar-refractivity contribution in [3.05, 3.63) is 65.2 Å². The first-order chi connectivity index (χ1) is 14.3. The van der Waals surface area contributed by atoms with E-state index in [1.807, 2.05) is 36.2 Å². The molecule has 4 rings (SSSR count). The van der Waals surface area contributed by atoms with E-state index in [0.717, 1.165) is 55.0 Å². The summed E-state index contributed by atoms with van der Waals surface area (Å²) in [6.45, 7) is 3.81. The second-order valence-corrected chi connectivity index (χ2v) is 7.78. The van der Waals surface area contributed by atoms with Gasteiger partial charge in [0.15, 0.2) is 6.54 Å². The van der Waals surface area contributed by atoms with Crippen LogP contribution in [-0.2, 0) is 11.9 Å². The predicted octanol–water partition coefficient (Wildman–Crippen LogP) is 5.13. The first-order valence-electron chi connectivity index (χ1n) is 10.4. The molecule has 1 saturated heterocycles. The number of halogens is 4. The third kappa shape index (κ3) is 4.60. The van der Waals surface area contributed by atoms with E-state index in [1.54, 1.807) is 6.07 Å². The van der Waals surface area contributed by atoms with Gasteiger partial charge in [-0.3, -0.25) is 0 Å². The van der Waals surface area contributed by atoms with Crippen LogP contribution in [-0.4, -0.2) is 40.2 Å². The minimum absolute atomic E-state index is 0. The fraction of sp³-hybridized carbons (Fsp3) is 0.435. The molecule has 1 N–H and O–H groups in total. The molecule has 2 aliphatic rings. The average Bonchev–Trinajstić information content (AvgIpc) is 2.87. The lowest BCUT2D eigenvalue weighted by Gasteiger charge is -2.31. The Morgan fingerprint density at radius 2 is 1.84 bits per heavy atom. The van der Waals surface area contributed by atoms with Gasteiger partial charge in [-0.1, -0.05) is 12.1 Å². The summed E-state index contributed by atoms with van der Waals surface area (Å²) in [5, 5.41) is 13.6. The highest BCUT2D eigenvalue weighted by Gasteiger charge is 2.53. The molecule has 2 aromatic rings. The third-order valence-electron chi connectivity index (χ3n) is 5.83. The van der Waals surface area contributed by atoms with Crippen LogP contribution >= 0.6 is 17.0 Å². The molecule has 4 nitrogen and oxygen atoms in total.